The van der Waals surface area contributed by atoms with Crippen LogP contribution in [0.4, 0.5) is 0 Å². The van der Waals surface area contributed by atoms with Gasteiger partial charge in [-0.3, -0.25) is 4.79 Å². The minimum atomic E-state index is -0.170. The van der Waals surface area contributed by atoms with Gasteiger partial charge in [0.25, 0.3) is 0 Å². The van der Waals surface area contributed by atoms with Crippen LogP contribution in [0.15, 0.2) is 6.20 Å². The van der Waals surface area contributed by atoms with Gasteiger partial charge < -0.3 is 4.74 Å². The van der Waals surface area contributed by atoms with Crippen molar-refractivity contribution in [2.24, 2.45) is 0 Å². The summed E-state index contributed by atoms with van der Waals surface area (Å²) < 4.78 is 5.03. The highest BCUT2D eigenvalue weighted by Gasteiger charge is 2.20. The van der Waals surface area contributed by atoms with E-state index in [4.69, 9.17) is 4.74 Å². The zero-order valence-electron chi connectivity index (χ0n) is 9.79. The van der Waals surface area contributed by atoms with Gasteiger partial charge in [-0.15, -0.1) is 0 Å². The molecule has 4 heteroatoms. The molecule has 0 aliphatic rings. The number of rotatable bonds is 2. The summed E-state index contributed by atoms with van der Waals surface area (Å²) in [5.41, 5.74) is 0.175. The normalized spacial score (nSPS) is 11.3. The first-order valence-electron chi connectivity index (χ1n) is 4.78. The number of carbonyl (C=O) groups excluding carboxylic acids is 1. The summed E-state index contributed by atoms with van der Waals surface area (Å²) >= 11 is 0. The summed E-state index contributed by atoms with van der Waals surface area (Å²) in [5, 5.41) is 0. The van der Waals surface area contributed by atoms with Gasteiger partial charge in [-0.1, -0.05) is 20.8 Å². The van der Waals surface area contributed by atoms with Crippen molar-refractivity contribution in [2.75, 3.05) is 7.11 Å². The summed E-state index contributed by atoms with van der Waals surface area (Å²) in [6.45, 7) is 7.47. The Labute approximate surface area is 89.7 Å². The first kappa shape index (κ1) is 11.6. The molecule has 1 heterocycles. The van der Waals surface area contributed by atoms with Gasteiger partial charge in [0.2, 0.25) is 0 Å². The first-order valence-corrected chi connectivity index (χ1v) is 4.78. The number of nitrogens with zero attached hydrogens (tertiary/aromatic N) is 2. The number of ether oxygens (including phenoxy) is 1. The zero-order valence-corrected chi connectivity index (χ0v) is 9.79. The van der Waals surface area contributed by atoms with Gasteiger partial charge >= 0.3 is 0 Å². The Morgan fingerprint density at radius 3 is 2.40 bits per heavy atom. The maximum absolute atomic E-state index is 11.3. The highest BCUT2D eigenvalue weighted by molar-refractivity contribution is 5.94. The Morgan fingerprint density at radius 2 is 2.00 bits per heavy atom. The molecule has 0 saturated carbocycles. The van der Waals surface area contributed by atoms with E-state index in [9.17, 15) is 4.79 Å². The molecule has 1 rings (SSSR count). The molecule has 0 atom stereocenters. The van der Waals surface area contributed by atoms with Gasteiger partial charge in [0.05, 0.1) is 13.3 Å². The second-order valence-corrected chi connectivity index (χ2v) is 4.42. The molecule has 0 amide bonds. The van der Waals surface area contributed by atoms with Crippen molar-refractivity contribution >= 4 is 5.78 Å². The lowest BCUT2D eigenvalue weighted by atomic mass is 9.95. The summed E-state index contributed by atoms with van der Waals surface area (Å²) in [6.07, 6.45) is 1.55. The van der Waals surface area contributed by atoms with E-state index >= 15 is 0 Å². The van der Waals surface area contributed by atoms with Crippen molar-refractivity contribution in [3.05, 3.63) is 17.7 Å². The Hall–Kier alpha value is -1.45. The lowest BCUT2D eigenvalue weighted by Gasteiger charge is -2.17. The molecular weight excluding hydrogens is 192 g/mol. The predicted molar refractivity (Wildman–Crippen MR) is 57.3 cm³/mol. The van der Waals surface area contributed by atoms with Crippen molar-refractivity contribution in [1.29, 1.82) is 0 Å². The van der Waals surface area contributed by atoms with E-state index in [1.54, 1.807) is 6.20 Å². The summed E-state index contributed by atoms with van der Waals surface area (Å²) in [5.74, 6) is 0.962. The Bertz CT molecular complexity index is 381. The van der Waals surface area contributed by atoms with Crippen LogP contribution in [0.5, 0.6) is 5.75 Å². The highest BCUT2D eigenvalue weighted by atomic mass is 16.5. The third kappa shape index (κ3) is 2.52. The molecule has 0 fully saturated rings. The summed E-state index contributed by atoms with van der Waals surface area (Å²) in [7, 11) is 1.50. The molecule has 0 unspecified atom stereocenters. The SMILES string of the molecule is COc1cnc(C(C)(C)C)nc1C(C)=O. The van der Waals surface area contributed by atoms with Crippen LogP contribution in [0, 0.1) is 0 Å². The molecule has 0 bridgehead atoms. The molecule has 0 spiro atoms. The van der Waals surface area contributed by atoms with Gasteiger partial charge in [-0.2, -0.15) is 0 Å². The fraction of sp³-hybridized carbons (Fsp3) is 0.545. The first-order chi connectivity index (χ1) is 6.86. The molecule has 0 N–H and O–H groups in total. The van der Waals surface area contributed by atoms with Gasteiger partial charge in [-0.25, -0.2) is 9.97 Å². The number of aromatic nitrogens is 2. The Balaban J connectivity index is 3.28. The van der Waals surface area contributed by atoms with Crippen molar-refractivity contribution in [3.8, 4) is 5.75 Å². The minimum absolute atomic E-state index is 0.111. The third-order valence-electron chi connectivity index (χ3n) is 1.98. The van der Waals surface area contributed by atoms with Gasteiger partial charge in [-0.05, 0) is 0 Å². The molecule has 0 saturated heterocycles. The molecular formula is C11H16N2O2. The van der Waals surface area contributed by atoms with Crippen LogP contribution in [-0.4, -0.2) is 22.9 Å². The Morgan fingerprint density at radius 1 is 1.40 bits per heavy atom. The minimum Gasteiger partial charge on any atom is -0.493 e. The lowest BCUT2D eigenvalue weighted by molar-refractivity contribution is 0.100. The predicted octanol–water partition coefficient (Wildman–Crippen LogP) is 1.99. The number of methoxy groups -OCH3 is 1. The molecule has 1 aromatic heterocycles. The molecule has 1 aromatic rings. The van der Waals surface area contributed by atoms with E-state index in [1.165, 1.54) is 14.0 Å². The van der Waals surface area contributed by atoms with Crippen molar-refractivity contribution < 1.29 is 9.53 Å². The van der Waals surface area contributed by atoms with Crippen LogP contribution >= 0.6 is 0 Å². The van der Waals surface area contributed by atoms with Gasteiger partial charge in [0, 0.05) is 12.3 Å². The molecule has 0 radical (unpaired) electrons. The summed E-state index contributed by atoms with van der Waals surface area (Å²) in [4.78, 5) is 19.7. The molecule has 0 aliphatic carbocycles. The van der Waals surface area contributed by atoms with Crippen LogP contribution in [0.25, 0.3) is 0 Å². The fourth-order valence-corrected chi connectivity index (χ4v) is 1.13. The maximum Gasteiger partial charge on any atom is 0.182 e. The number of hydrogen-bond acceptors (Lipinski definition) is 4. The number of carbonyl (C=O) groups is 1. The molecule has 0 aliphatic heterocycles. The van der Waals surface area contributed by atoms with E-state index in [0.29, 0.717) is 17.3 Å². The smallest absolute Gasteiger partial charge is 0.182 e. The highest BCUT2D eigenvalue weighted by Crippen LogP contribution is 2.22. The number of hydrogen-bond donors (Lipinski definition) is 0. The van der Waals surface area contributed by atoms with Crippen molar-refractivity contribution in [1.82, 2.24) is 9.97 Å². The average Bonchev–Trinajstić information content (AvgIpc) is 2.15. The van der Waals surface area contributed by atoms with E-state index in [-0.39, 0.29) is 11.2 Å². The Kier molecular flexibility index (Phi) is 3.07. The largest absolute Gasteiger partial charge is 0.493 e. The van der Waals surface area contributed by atoms with Gasteiger partial charge in [0.15, 0.2) is 17.2 Å². The third-order valence-corrected chi connectivity index (χ3v) is 1.98. The van der Waals surface area contributed by atoms with Crippen LogP contribution < -0.4 is 4.74 Å². The topological polar surface area (TPSA) is 52.1 Å². The quantitative estimate of drug-likeness (QED) is 0.697. The molecule has 15 heavy (non-hydrogen) atoms. The second kappa shape index (κ2) is 3.96. The monoisotopic (exact) mass is 208 g/mol. The fourth-order valence-electron chi connectivity index (χ4n) is 1.13. The van der Waals surface area contributed by atoms with Crippen LogP contribution in [0.1, 0.15) is 44.0 Å². The summed E-state index contributed by atoms with van der Waals surface area (Å²) in [6, 6.07) is 0. The number of ketones is 1. The molecule has 4 nitrogen and oxygen atoms in total. The molecule has 0 aromatic carbocycles. The zero-order chi connectivity index (χ0) is 11.6. The average molecular weight is 208 g/mol. The van der Waals surface area contributed by atoms with Crippen LogP contribution in [0.2, 0.25) is 0 Å². The van der Waals surface area contributed by atoms with E-state index < -0.39 is 0 Å². The van der Waals surface area contributed by atoms with Crippen molar-refractivity contribution in [2.45, 2.75) is 33.1 Å². The van der Waals surface area contributed by atoms with Crippen molar-refractivity contribution in [3.63, 3.8) is 0 Å². The standard InChI is InChI=1S/C11H16N2O2/c1-7(14)9-8(15-5)6-12-10(13-9)11(2,3)4/h6H,1-5H3. The maximum atomic E-state index is 11.3. The van der Waals surface area contributed by atoms with Gasteiger partial charge in [0.1, 0.15) is 5.82 Å². The van der Waals surface area contributed by atoms with E-state index in [0.717, 1.165) is 0 Å². The van der Waals surface area contributed by atoms with E-state index in [1.807, 2.05) is 20.8 Å². The van der Waals surface area contributed by atoms with Crippen LogP contribution in [-0.2, 0) is 5.41 Å². The number of Topliss-reactive ketones (excluding diaryl/α,β-unsaturated/α-hetero) is 1. The van der Waals surface area contributed by atoms with E-state index in [2.05, 4.69) is 9.97 Å². The second-order valence-electron chi connectivity index (χ2n) is 4.42. The molecule has 82 valence electrons. The van der Waals surface area contributed by atoms with Crippen LogP contribution in [0.3, 0.4) is 0 Å². The lowest BCUT2D eigenvalue weighted by Crippen LogP contribution is -2.18.